The molecule has 0 radical (unpaired) electrons. The van der Waals surface area contributed by atoms with Crippen molar-refractivity contribution in [2.24, 2.45) is 0 Å². The van der Waals surface area contributed by atoms with E-state index < -0.39 is 6.09 Å². The lowest BCUT2D eigenvalue weighted by molar-refractivity contribution is 0.215. The fourth-order valence-electron chi connectivity index (χ4n) is 2.14. The van der Waals surface area contributed by atoms with E-state index in [1.54, 1.807) is 6.07 Å². The number of nitrogens with one attached hydrogen (secondary N) is 1. The molecule has 0 saturated carbocycles. The van der Waals surface area contributed by atoms with E-state index in [4.69, 9.17) is 4.74 Å². The van der Waals surface area contributed by atoms with Gasteiger partial charge in [0.2, 0.25) is 0 Å². The molecule has 0 aromatic heterocycles. The molecule has 108 valence electrons. The third-order valence-electron chi connectivity index (χ3n) is 3.17. The van der Waals surface area contributed by atoms with Gasteiger partial charge in [0.1, 0.15) is 5.75 Å². The lowest BCUT2D eigenvalue weighted by Crippen LogP contribution is -2.16. The molecule has 0 fully saturated rings. The Hall–Kier alpha value is -3.07. The summed E-state index contributed by atoms with van der Waals surface area (Å²) in [5.41, 5.74) is 2.79. The van der Waals surface area contributed by atoms with Gasteiger partial charge in [-0.1, -0.05) is 60.7 Å². The second-order valence-corrected chi connectivity index (χ2v) is 4.77. The number of carbonyl (C=O) groups is 1. The third-order valence-corrected chi connectivity index (χ3v) is 3.17. The molecule has 3 rings (SSSR count). The number of ether oxygens (including phenoxy) is 1. The molecular formula is C19H15NO2. The Balaban J connectivity index is 1.72. The fraction of sp³-hybridized carbons (Fsp3) is 0. The van der Waals surface area contributed by atoms with Gasteiger partial charge in [-0.25, -0.2) is 4.79 Å². The van der Waals surface area contributed by atoms with Crippen molar-refractivity contribution in [1.82, 2.24) is 0 Å². The van der Waals surface area contributed by atoms with Crippen molar-refractivity contribution in [2.45, 2.75) is 0 Å². The van der Waals surface area contributed by atoms with Crippen LogP contribution in [0.4, 0.5) is 10.5 Å². The first-order chi connectivity index (χ1) is 10.8. The third kappa shape index (κ3) is 3.52. The van der Waals surface area contributed by atoms with Gasteiger partial charge in [0.15, 0.2) is 0 Å². The van der Waals surface area contributed by atoms with Crippen LogP contribution in [-0.2, 0) is 0 Å². The maximum absolute atomic E-state index is 11.9. The Labute approximate surface area is 129 Å². The molecule has 22 heavy (non-hydrogen) atoms. The van der Waals surface area contributed by atoms with Crippen molar-refractivity contribution >= 4 is 11.8 Å². The summed E-state index contributed by atoms with van der Waals surface area (Å²) in [6.45, 7) is 0. The minimum Gasteiger partial charge on any atom is -0.410 e. The zero-order valence-corrected chi connectivity index (χ0v) is 11.9. The van der Waals surface area contributed by atoms with Crippen LogP contribution in [0.2, 0.25) is 0 Å². The molecule has 0 atom stereocenters. The van der Waals surface area contributed by atoms with Crippen molar-refractivity contribution in [1.29, 1.82) is 0 Å². The Morgan fingerprint density at radius 2 is 1.36 bits per heavy atom. The minimum atomic E-state index is -0.503. The number of rotatable bonds is 3. The lowest BCUT2D eigenvalue weighted by atomic mass is 10.1. The summed E-state index contributed by atoms with van der Waals surface area (Å²) in [4.78, 5) is 11.9. The van der Waals surface area contributed by atoms with Gasteiger partial charge in [0, 0.05) is 5.69 Å². The highest BCUT2D eigenvalue weighted by atomic mass is 16.6. The zero-order chi connectivity index (χ0) is 15.2. The maximum Gasteiger partial charge on any atom is 0.417 e. The van der Waals surface area contributed by atoms with Gasteiger partial charge in [-0.2, -0.15) is 0 Å². The van der Waals surface area contributed by atoms with Gasteiger partial charge in [-0.05, 0) is 35.4 Å². The van der Waals surface area contributed by atoms with Gasteiger partial charge >= 0.3 is 6.09 Å². The highest BCUT2D eigenvalue weighted by molar-refractivity contribution is 5.86. The summed E-state index contributed by atoms with van der Waals surface area (Å²) in [5, 5.41) is 2.69. The van der Waals surface area contributed by atoms with Crippen LogP contribution in [0.25, 0.3) is 11.1 Å². The Morgan fingerprint density at radius 1 is 0.727 bits per heavy atom. The van der Waals surface area contributed by atoms with E-state index in [9.17, 15) is 4.79 Å². The summed E-state index contributed by atoms with van der Waals surface area (Å²) in [6.07, 6.45) is -0.503. The molecule has 1 amide bonds. The van der Waals surface area contributed by atoms with E-state index in [1.165, 1.54) is 0 Å². The second-order valence-electron chi connectivity index (χ2n) is 4.77. The highest BCUT2D eigenvalue weighted by Crippen LogP contribution is 2.23. The molecule has 0 aliphatic carbocycles. The fourth-order valence-corrected chi connectivity index (χ4v) is 2.14. The summed E-state index contributed by atoms with van der Waals surface area (Å²) in [6, 6.07) is 26.6. The van der Waals surface area contributed by atoms with Gasteiger partial charge < -0.3 is 4.74 Å². The van der Waals surface area contributed by atoms with E-state index in [0.717, 1.165) is 11.1 Å². The average Bonchev–Trinajstić information content (AvgIpc) is 2.57. The summed E-state index contributed by atoms with van der Waals surface area (Å²) in [5.74, 6) is 0.509. The smallest absolute Gasteiger partial charge is 0.410 e. The van der Waals surface area contributed by atoms with Gasteiger partial charge in [0.25, 0.3) is 0 Å². The molecule has 1 N–H and O–H groups in total. The molecule has 0 saturated heterocycles. The van der Waals surface area contributed by atoms with Gasteiger partial charge in [-0.3, -0.25) is 5.32 Å². The van der Waals surface area contributed by atoms with Crippen molar-refractivity contribution in [2.75, 3.05) is 5.32 Å². The largest absolute Gasteiger partial charge is 0.417 e. The number of anilines is 1. The molecule has 0 aliphatic heterocycles. The van der Waals surface area contributed by atoms with E-state index >= 15 is 0 Å². The molecule has 0 bridgehead atoms. The quantitative estimate of drug-likeness (QED) is 0.739. The van der Waals surface area contributed by atoms with E-state index in [0.29, 0.717) is 11.4 Å². The monoisotopic (exact) mass is 289 g/mol. The van der Waals surface area contributed by atoms with Crippen LogP contribution in [0.15, 0.2) is 84.9 Å². The molecule has 3 aromatic rings. The number of benzene rings is 3. The first-order valence-electron chi connectivity index (χ1n) is 7.01. The van der Waals surface area contributed by atoms with Gasteiger partial charge in [-0.15, -0.1) is 0 Å². The van der Waals surface area contributed by atoms with Crippen molar-refractivity contribution in [3.05, 3.63) is 84.9 Å². The normalized spacial score (nSPS) is 10.0. The summed E-state index contributed by atoms with van der Waals surface area (Å²) >= 11 is 0. The first kappa shape index (κ1) is 13.9. The second kappa shape index (κ2) is 6.59. The molecule has 3 heteroatoms. The Bertz CT molecular complexity index is 755. The van der Waals surface area contributed by atoms with Crippen LogP contribution in [0.3, 0.4) is 0 Å². The summed E-state index contributed by atoms with van der Waals surface area (Å²) < 4.78 is 5.33. The molecule has 0 spiro atoms. The van der Waals surface area contributed by atoms with E-state index in [1.807, 2.05) is 78.9 Å². The van der Waals surface area contributed by atoms with Gasteiger partial charge in [0.05, 0.1) is 0 Å². The highest BCUT2D eigenvalue weighted by Gasteiger charge is 2.06. The maximum atomic E-state index is 11.9. The number of amides is 1. The number of hydrogen-bond donors (Lipinski definition) is 1. The molecule has 0 heterocycles. The number of hydrogen-bond acceptors (Lipinski definition) is 2. The van der Waals surface area contributed by atoms with E-state index in [-0.39, 0.29) is 0 Å². The number of para-hydroxylation sites is 1. The van der Waals surface area contributed by atoms with Crippen LogP contribution in [0.5, 0.6) is 5.75 Å². The lowest BCUT2D eigenvalue weighted by Gasteiger charge is -2.08. The Morgan fingerprint density at radius 3 is 2.09 bits per heavy atom. The first-order valence-corrected chi connectivity index (χ1v) is 7.01. The topological polar surface area (TPSA) is 38.3 Å². The van der Waals surface area contributed by atoms with Crippen molar-refractivity contribution in [3.63, 3.8) is 0 Å². The Kier molecular flexibility index (Phi) is 4.16. The molecule has 0 aliphatic rings. The van der Waals surface area contributed by atoms with E-state index in [2.05, 4.69) is 5.32 Å². The van der Waals surface area contributed by atoms with Crippen molar-refractivity contribution in [3.8, 4) is 16.9 Å². The molecule has 3 nitrogen and oxygen atoms in total. The minimum absolute atomic E-state index is 0.503. The predicted octanol–water partition coefficient (Wildman–Crippen LogP) is 4.96. The number of carbonyl (C=O) groups excluding carboxylic acids is 1. The molecular weight excluding hydrogens is 274 g/mol. The van der Waals surface area contributed by atoms with Crippen LogP contribution in [0, 0.1) is 0 Å². The van der Waals surface area contributed by atoms with Crippen LogP contribution in [0.1, 0.15) is 0 Å². The van der Waals surface area contributed by atoms with Crippen molar-refractivity contribution < 1.29 is 9.53 Å². The van der Waals surface area contributed by atoms with Crippen LogP contribution >= 0.6 is 0 Å². The van der Waals surface area contributed by atoms with Crippen LogP contribution < -0.4 is 10.1 Å². The predicted molar refractivity (Wildman–Crippen MR) is 88.0 cm³/mol. The molecule has 3 aromatic carbocycles. The standard InChI is InChI=1S/C19H15NO2/c21-19(20-17-11-5-2-6-12-17)22-18-13-7-10-16(14-18)15-8-3-1-4-9-15/h1-14H,(H,20,21). The van der Waals surface area contributed by atoms with Crippen LogP contribution in [-0.4, -0.2) is 6.09 Å². The summed E-state index contributed by atoms with van der Waals surface area (Å²) in [7, 11) is 0. The molecule has 0 unspecified atom stereocenters. The average molecular weight is 289 g/mol. The zero-order valence-electron chi connectivity index (χ0n) is 11.9. The SMILES string of the molecule is O=C(Nc1ccccc1)Oc1cccc(-c2ccccc2)c1.